The molecule has 2 fully saturated rings. The standard InChI is InChI=1S/C15H18F3N3O/c16-15(17,18)11-3-6-19-9-10(11)8-13(22)21-14-4-1-2-12(14)20-7-5-14/h3,6,9,12,20H,1-2,4-5,7-8H2,(H,21,22). The second kappa shape index (κ2) is 5.53. The zero-order valence-corrected chi connectivity index (χ0v) is 12.0. The van der Waals surface area contributed by atoms with Crippen LogP contribution in [0.3, 0.4) is 0 Å². The van der Waals surface area contributed by atoms with Crippen molar-refractivity contribution in [3.63, 3.8) is 0 Å². The van der Waals surface area contributed by atoms with Crippen LogP contribution in [-0.4, -0.2) is 29.0 Å². The lowest BCUT2D eigenvalue weighted by atomic mass is 9.92. The molecular weight excluding hydrogens is 295 g/mol. The molecule has 2 atom stereocenters. The summed E-state index contributed by atoms with van der Waals surface area (Å²) in [6.45, 7) is 0.839. The number of rotatable bonds is 3. The fourth-order valence-electron chi connectivity index (χ4n) is 3.69. The van der Waals surface area contributed by atoms with Crippen molar-refractivity contribution in [1.29, 1.82) is 0 Å². The van der Waals surface area contributed by atoms with E-state index in [-0.39, 0.29) is 29.5 Å². The molecule has 4 nitrogen and oxygen atoms in total. The van der Waals surface area contributed by atoms with E-state index in [9.17, 15) is 18.0 Å². The Morgan fingerprint density at radius 2 is 2.27 bits per heavy atom. The molecule has 7 heteroatoms. The van der Waals surface area contributed by atoms with E-state index in [0.717, 1.165) is 50.7 Å². The summed E-state index contributed by atoms with van der Waals surface area (Å²) in [5, 5.41) is 6.34. The van der Waals surface area contributed by atoms with Crippen LogP contribution in [0, 0.1) is 0 Å². The third-order valence-electron chi connectivity index (χ3n) is 4.69. The van der Waals surface area contributed by atoms with E-state index < -0.39 is 11.7 Å². The number of amides is 1. The van der Waals surface area contributed by atoms with Crippen molar-refractivity contribution in [3.05, 3.63) is 29.6 Å². The number of halogens is 3. The molecule has 2 heterocycles. The lowest BCUT2D eigenvalue weighted by molar-refractivity contribution is -0.138. The maximum atomic E-state index is 12.9. The number of nitrogens with zero attached hydrogens (tertiary/aromatic N) is 1. The van der Waals surface area contributed by atoms with Gasteiger partial charge in [0.2, 0.25) is 5.91 Å². The molecule has 0 spiro atoms. The predicted octanol–water partition coefficient (Wildman–Crippen LogP) is 2.04. The summed E-state index contributed by atoms with van der Waals surface area (Å²) in [7, 11) is 0. The SMILES string of the molecule is O=C(Cc1cnccc1C(F)(F)F)NC12CCCC1NCC2. The molecule has 1 aromatic rings. The predicted molar refractivity (Wildman–Crippen MR) is 74.1 cm³/mol. The summed E-state index contributed by atoms with van der Waals surface area (Å²) in [4.78, 5) is 16.0. The molecule has 2 unspecified atom stereocenters. The fraction of sp³-hybridized carbons (Fsp3) is 0.600. The van der Waals surface area contributed by atoms with Gasteiger partial charge in [-0.2, -0.15) is 13.2 Å². The van der Waals surface area contributed by atoms with E-state index in [0.29, 0.717) is 0 Å². The van der Waals surface area contributed by atoms with Gasteiger partial charge in [-0.05, 0) is 43.9 Å². The fourth-order valence-corrected chi connectivity index (χ4v) is 3.69. The van der Waals surface area contributed by atoms with Gasteiger partial charge in [0.1, 0.15) is 0 Å². The summed E-state index contributed by atoms with van der Waals surface area (Å²) in [6.07, 6.45) is 1.20. The first-order valence-electron chi connectivity index (χ1n) is 7.45. The maximum Gasteiger partial charge on any atom is 0.416 e. The molecule has 120 valence electrons. The van der Waals surface area contributed by atoms with Crippen molar-refractivity contribution in [1.82, 2.24) is 15.6 Å². The smallest absolute Gasteiger partial charge is 0.349 e. The number of alkyl halides is 3. The highest BCUT2D eigenvalue weighted by atomic mass is 19.4. The summed E-state index contributed by atoms with van der Waals surface area (Å²) < 4.78 is 38.8. The van der Waals surface area contributed by atoms with Gasteiger partial charge >= 0.3 is 6.18 Å². The van der Waals surface area contributed by atoms with Crippen LogP contribution >= 0.6 is 0 Å². The molecule has 3 rings (SSSR count). The molecule has 1 aliphatic carbocycles. The topological polar surface area (TPSA) is 54.0 Å². The Balaban J connectivity index is 1.73. The summed E-state index contributed by atoms with van der Waals surface area (Å²) in [5.74, 6) is -0.367. The second-order valence-corrected chi connectivity index (χ2v) is 6.06. The van der Waals surface area contributed by atoms with Crippen molar-refractivity contribution in [2.45, 2.75) is 49.9 Å². The van der Waals surface area contributed by atoms with Crippen LogP contribution in [0.1, 0.15) is 36.8 Å². The Bertz CT molecular complexity index is 563. The summed E-state index contributed by atoms with van der Waals surface area (Å²) in [6, 6.07) is 1.16. The summed E-state index contributed by atoms with van der Waals surface area (Å²) >= 11 is 0. The van der Waals surface area contributed by atoms with E-state index in [1.165, 1.54) is 0 Å². The third kappa shape index (κ3) is 2.82. The Hall–Kier alpha value is -1.63. The lowest BCUT2D eigenvalue weighted by Gasteiger charge is -2.30. The Labute approximate surface area is 126 Å². The van der Waals surface area contributed by atoms with Gasteiger partial charge in [0.25, 0.3) is 0 Å². The monoisotopic (exact) mass is 313 g/mol. The normalized spacial score (nSPS) is 27.7. The van der Waals surface area contributed by atoms with Crippen LogP contribution in [0.4, 0.5) is 13.2 Å². The lowest BCUT2D eigenvalue weighted by Crippen LogP contribution is -2.53. The van der Waals surface area contributed by atoms with Gasteiger partial charge in [0, 0.05) is 18.4 Å². The van der Waals surface area contributed by atoms with Gasteiger partial charge in [-0.3, -0.25) is 9.78 Å². The minimum atomic E-state index is -4.47. The molecule has 1 aromatic heterocycles. The zero-order chi connectivity index (χ0) is 15.8. The highest BCUT2D eigenvalue weighted by Gasteiger charge is 2.47. The zero-order valence-electron chi connectivity index (χ0n) is 12.0. The van der Waals surface area contributed by atoms with Crippen LogP contribution in [0.15, 0.2) is 18.5 Å². The van der Waals surface area contributed by atoms with Crippen LogP contribution in [-0.2, 0) is 17.4 Å². The molecular formula is C15H18F3N3O. The van der Waals surface area contributed by atoms with Crippen molar-refractivity contribution >= 4 is 5.91 Å². The second-order valence-electron chi connectivity index (χ2n) is 6.06. The minimum Gasteiger partial charge on any atom is -0.349 e. The number of aromatic nitrogens is 1. The van der Waals surface area contributed by atoms with E-state index in [1.807, 2.05) is 0 Å². The van der Waals surface area contributed by atoms with E-state index in [4.69, 9.17) is 0 Å². The number of hydrogen-bond acceptors (Lipinski definition) is 3. The molecule has 1 saturated carbocycles. The van der Waals surface area contributed by atoms with Crippen molar-refractivity contribution in [2.75, 3.05) is 6.54 Å². The molecule has 1 amide bonds. The summed E-state index contributed by atoms with van der Waals surface area (Å²) in [5.41, 5.74) is -1.15. The van der Waals surface area contributed by atoms with Crippen LogP contribution in [0.25, 0.3) is 0 Å². The van der Waals surface area contributed by atoms with Crippen LogP contribution in [0.5, 0.6) is 0 Å². The van der Waals surface area contributed by atoms with Gasteiger partial charge < -0.3 is 10.6 Å². The third-order valence-corrected chi connectivity index (χ3v) is 4.69. The van der Waals surface area contributed by atoms with E-state index >= 15 is 0 Å². The quantitative estimate of drug-likeness (QED) is 0.898. The Morgan fingerprint density at radius 1 is 1.45 bits per heavy atom. The molecule has 1 aliphatic heterocycles. The first-order valence-corrected chi connectivity index (χ1v) is 7.45. The Kier molecular flexibility index (Phi) is 3.84. The molecule has 2 aliphatic rings. The van der Waals surface area contributed by atoms with Crippen LogP contribution < -0.4 is 10.6 Å². The number of pyridine rings is 1. The van der Waals surface area contributed by atoms with Crippen molar-refractivity contribution in [2.24, 2.45) is 0 Å². The Morgan fingerprint density at radius 3 is 3.05 bits per heavy atom. The van der Waals surface area contributed by atoms with Gasteiger partial charge in [0.05, 0.1) is 17.5 Å². The van der Waals surface area contributed by atoms with Crippen molar-refractivity contribution in [3.8, 4) is 0 Å². The number of carbonyl (C=O) groups excluding carboxylic acids is 1. The minimum absolute atomic E-state index is 0.0793. The highest BCUT2D eigenvalue weighted by Crippen LogP contribution is 2.37. The number of nitrogens with one attached hydrogen (secondary N) is 2. The van der Waals surface area contributed by atoms with Gasteiger partial charge in [-0.1, -0.05) is 0 Å². The average Bonchev–Trinajstić information content (AvgIpc) is 2.96. The molecule has 1 saturated heterocycles. The highest BCUT2D eigenvalue weighted by molar-refractivity contribution is 5.80. The maximum absolute atomic E-state index is 12.9. The van der Waals surface area contributed by atoms with Gasteiger partial charge in [-0.15, -0.1) is 0 Å². The number of hydrogen-bond donors (Lipinski definition) is 2. The largest absolute Gasteiger partial charge is 0.416 e. The van der Waals surface area contributed by atoms with Crippen molar-refractivity contribution < 1.29 is 18.0 Å². The molecule has 2 N–H and O–H groups in total. The average molecular weight is 313 g/mol. The number of fused-ring (bicyclic) bond motifs is 1. The van der Waals surface area contributed by atoms with E-state index in [2.05, 4.69) is 15.6 Å². The molecule has 0 bridgehead atoms. The number of carbonyl (C=O) groups is 1. The molecule has 0 aromatic carbocycles. The van der Waals surface area contributed by atoms with Gasteiger partial charge in [-0.25, -0.2) is 0 Å². The van der Waals surface area contributed by atoms with Gasteiger partial charge in [0.15, 0.2) is 0 Å². The first kappa shape index (κ1) is 15.3. The van der Waals surface area contributed by atoms with E-state index in [1.54, 1.807) is 0 Å². The molecule has 22 heavy (non-hydrogen) atoms. The van der Waals surface area contributed by atoms with Crippen LogP contribution in [0.2, 0.25) is 0 Å². The first-order chi connectivity index (χ1) is 10.4. The molecule has 0 radical (unpaired) electrons.